The molecular formula is C28H36F2N4OS. The Labute approximate surface area is 217 Å². The molecule has 0 atom stereocenters. The molecule has 5 nitrogen and oxygen atoms in total. The average molecular weight is 515 g/mol. The van der Waals surface area contributed by atoms with Gasteiger partial charge in [0.15, 0.2) is 0 Å². The van der Waals surface area contributed by atoms with Gasteiger partial charge in [0.05, 0.1) is 11.3 Å². The lowest BCUT2D eigenvalue weighted by Gasteiger charge is -2.35. The summed E-state index contributed by atoms with van der Waals surface area (Å²) in [4.78, 5) is 23.7. The van der Waals surface area contributed by atoms with Crippen LogP contribution in [0.1, 0.15) is 66.9 Å². The number of nitrogens with zero attached hydrogens (tertiary/aromatic N) is 3. The highest BCUT2D eigenvalue weighted by Gasteiger charge is 2.44. The molecule has 1 spiro atoms. The van der Waals surface area contributed by atoms with E-state index in [0.29, 0.717) is 22.6 Å². The van der Waals surface area contributed by atoms with E-state index in [1.165, 1.54) is 30.6 Å². The van der Waals surface area contributed by atoms with Crippen molar-refractivity contribution in [1.82, 2.24) is 4.98 Å². The number of amides is 1. The van der Waals surface area contributed by atoms with Crippen molar-refractivity contribution in [2.45, 2.75) is 70.1 Å². The van der Waals surface area contributed by atoms with E-state index in [2.05, 4.69) is 35.1 Å². The Balaban J connectivity index is 1.39. The van der Waals surface area contributed by atoms with Crippen LogP contribution in [0.3, 0.4) is 0 Å². The van der Waals surface area contributed by atoms with Gasteiger partial charge in [-0.15, -0.1) is 11.8 Å². The van der Waals surface area contributed by atoms with Gasteiger partial charge in [-0.05, 0) is 86.1 Å². The van der Waals surface area contributed by atoms with Gasteiger partial charge in [0.2, 0.25) is 0 Å². The third-order valence-corrected chi connectivity index (χ3v) is 9.02. The SMILES string of the molecule is CCSc1cc(N2CCC3(CC2)CC3)c(C(=O)Nc2cc(C)cc(N3CCC(F)(F)CC3)n2)cc1C. The summed E-state index contributed by atoms with van der Waals surface area (Å²) >= 11 is 1.81. The number of rotatable bonds is 6. The fourth-order valence-electron chi connectivity index (χ4n) is 5.45. The third-order valence-electron chi connectivity index (χ3n) is 7.98. The van der Waals surface area contributed by atoms with E-state index >= 15 is 0 Å². The van der Waals surface area contributed by atoms with Gasteiger partial charge in [0, 0.05) is 43.9 Å². The van der Waals surface area contributed by atoms with Gasteiger partial charge in [0.1, 0.15) is 11.6 Å². The van der Waals surface area contributed by atoms with Gasteiger partial charge in [-0.3, -0.25) is 4.79 Å². The molecule has 5 rings (SSSR count). The van der Waals surface area contributed by atoms with Crippen molar-refractivity contribution in [1.29, 1.82) is 0 Å². The van der Waals surface area contributed by atoms with Crippen molar-refractivity contribution in [2.75, 3.05) is 47.0 Å². The number of anilines is 3. The van der Waals surface area contributed by atoms with Crippen LogP contribution in [0.2, 0.25) is 0 Å². The first-order chi connectivity index (χ1) is 17.2. The molecule has 194 valence electrons. The van der Waals surface area contributed by atoms with Crippen LogP contribution in [-0.4, -0.2) is 48.7 Å². The van der Waals surface area contributed by atoms with Crippen LogP contribution in [0, 0.1) is 19.3 Å². The minimum absolute atomic E-state index is 0.174. The molecule has 1 aliphatic carbocycles. The molecule has 1 N–H and O–H groups in total. The Morgan fingerprint density at radius 1 is 0.972 bits per heavy atom. The summed E-state index contributed by atoms with van der Waals surface area (Å²) in [6.45, 7) is 8.61. The first-order valence-electron chi connectivity index (χ1n) is 13.1. The molecule has 36 heavy (non-hydrogen) atoms. The quantitative estimate of drug-likeness (QED) is 0.436. The van der Waals surface area contributed by atoms with Crippen molar-refractivity contribution in [2.24, 2.45) is 5.41 Å². The molecule has 3 heterocycles. The van der Waals surface area contributed by atoms with Crippen molar-refractivity contribution in [3.63, 3.8) is 0 Å². The third kappa shape index (κ3) is 5.48. The molecule has 8 heteroatoms. The fourth-order valence-corrected chi connectivity index (χ4v) is 6.24. The van der Waals surface area contributed by atoms with Crippen LogP contribution >= 0.6 is 11.8 Å². The van der Waals surface area contributed by atoms with E-state index in [1.807, 2.05) is 30.0 Å². The largest absolute Gasteiger partial charge is 0.371 e. The highest BCUT2D eigenvalue weighted by molar-refractivity contribution is 7.99. The number of hydrogen-bond acceptors (Lipinski definition) is 5. The second-order valence-corrected chi connectivity index (χ2v) is 12.0. The molecule has 0 unspecified atom stereocenters. The Morgan fingerprint density at radius 3 is 2.28 bits per heavy atom. The van der Waals surface area contributed by atoms with Gasteiger partial charge >= 0.3 is 0 Å². The average Bonchev–Trinajstić information content (AvgIpc) is 3.59. The minimum atomic E-state index is -2.61. The molecule has 2 aromatic rings. The number of carbonyl (C=O) groups excluding carboxylic acids is 1. The van der Waals surface area contributed by atoms with Crippen molar-refractivity contribution < 1.29 is 13.6 Å². The van der Waals surface area contributed by atoms with Crippen LogP contribution in [0.15, 0.2) is 29.2 Å². The van der Waals surface area contributed by atoms with E-state index in [0.717, 1.165) is 35.7 Å². The van der Waals surface area contributed by atoms with Gasteiger partial charge in [-0.2, -0.15) is 0 Å². The van der Waals surface area contributed by atoms with E-state index in [-0.39, 0.29) is 31.8 Å². The molecule has 1 aromatic heterocycles. The zero-order valence-corrected chi connectivity index (χ0v) is 22.3. The number of pyridine rings is 1. The smallest absolute Gasteiger partial charge is 0.258 e. The molecule has 1 amide bonds. The molecule has 3 fully saturated rings. The summed E-state index contributed by atoms with van der Waals surface area (Å²) in [5.74, 6) is -0.715. The van der Waals surface area contributed by atoms with Crippen LogP contribution in [0.25, 0.3) is 0 Å². The number of thioether (sulfide) groups is 1. The Morgan fingerprint density at radius 2 is 1.64 bits per heavy atom. The standard InChI is InChI=1S/C28H36F2N4OS/c1-4-36-23-18-22(33-11-7-27(5-6-27)8-12-33)21(17-20(23)3)26(35)32-24-15-19(2)16-25(31-24)34-13-9-28(29,30)10-14-34/h15-18H,4-14H2,1-3H3,(H,31,32,35). The first-order valence-corrected chi connectivity index (χ1v) is 14.1. The van der Waals surface area contributed by atoms with E-state index in [9.17, 15) is 13.6 Å². The number of aromatic nitrogens is 1. The lowest BCUT2D eigenvalue weighted by molar-refractivity contribution is -0.0221. The Kier molecular flexibility index (Phi) is 6.92. The van der Waals surface area contributed by atoms with Crippen LogP contribution in [-0.2, 0) is 0 Å². The van der Waals surface area contributed by atoms with Crippen molar-refractivity contribution >= 4 is 35.0 Å². The van der Waals surface area contributed by atoms with Crippen molar-refractivity contribution in [3.05, 3.63) is 41.0 Å². The maximum atomic E-state index is 13.6. The second-order valence-electron chi connectivity index (χ2n) is 10.7. The summed E-state index contributed by atoms with van der Waals surface area (Å²) in [5, 5.41) is 3.02. The predicted molar refractivity (Wildman–Crippen MR) is 144 cm³/mol. The summed E-state index contributed by atoms with van der Waals surface area (Å²) < 4.78 is 27.3. The fraction of sp³-hybridized carbons (Fsp3) is 0.571. The number of benzene rings is 1. The van der Waals surface area contributed by atoms with Crippen LogP contribution in [0.4, 0.5) is 26.1 Å². The molecular weight excluding hydrogens is 478 g/mol. The second kappa shape index (κ2) is 9.84. The van der Waals surface area contributed by atoms with Gasteiger partial charge < -0.3 is 15.1 Å². The molecule has 2 saturated heterocycles. The minimum Gasteiger partial charge on any atom is -0.371 e. The lowest BCUT2D eigenvalue weighted by Crippen LogP contribution is -2.39. The number of halogens is 2. The lowest BCUT2D eigenvalue weighted by atomic mass is 9.92. The van der Waals surface area contributed by atoms with Gasteiger partial charge in [-0.25, -0.2) is 13.8 Å². The number of piperidine rings is 2. The summed E-state index contributed by atoms with van der Waals surface area (Å²) in [6.07, 6.45) is 4.72. The highest BCUT2D eigenvalue weighted by atomic mass is 32.2. The zero-order chi connectivity index (χ0) is 25.5. The summed E-state index contributed by atoms with van der Waals surface area (Å²) in [7, 11) is 0. The van der Waals surface area contributed by atoms with Gasteiger partial charge in [0.25, 0.3) is 11.8 Å². The Bertz CT molecular complexity index is 1130. The maximum absolute atomic E-state index is 13.6. The number of hydrogen-bond donors (Lipinski definition) is 1. The summed E-state index contributed by atoms with van der Waals surface area (Å²) in [5.41, 5.74) is 4.26. The summed E-state index contributed by atoms with van der Waals surface area (Å²) in [6, 6.07) is 7.93. The van der Waals surface area contributed by atoms with Crippen LogP contribution < -0.4 is 15.1 Å². The zero-order valence-electron chi connectivity index (χ0n) is 21.5. The van der Waals surface area contributed by atoms with E-state index < -0.39 is 5.92 Å². The molecule has 2 aliphatic heterocycles. The molecule has 0 bridgehead atoms. The first kappa shape index (κ1) is 25.3. The van der Waals surface area contributed by atoms with E-state index in [4.69, 9.17) is 0 Å². The molecule has 1 aromatic carbocycles. The van der Waals surface area contributed by atoms with Crippen molar-refractivity contribution in [3.8, 4) is 0 Å². The maximum Gasteiger partial charge on any atom is 0.258 e. The predicted octanol–water partition coefficient (Wildman–Crippen LogP) is 6.68. The number of carbonyl (C=O) groups is 1. The van der Waals surface area contributed by atoms with E-state index in [1.54, 1.807) is 11.8 Å². The van der Waals surface area contributed by atoms with Gasteiger partial charge in [-0.1, -0.05) is 6.92 Å². The highest BCUT2D eigenvalue weighted by Crippen LogP contribution is 2.54. The topological polar surface area (TPSA) is 48.5 Å². The molecule has 3 aliphatic rings. The molecule has 0 radical (unpaired) electrons. The molecule has 1 saturated carbocycles. The number of alkyl halides is 2. The monoisotopic (exact) mass is 514 g/mol. The van der Waals surface area contributed by atoms with Crippen LogP contribution in [0.5, 0.6) is 0 Å². The Hall–Kier alpha value is -2.35. The number of aryl methyl sites for hydroxylation is 2. The number of nitrogens with one attached hydrogen (secondary N) is 1. The normalized spacial score (nSPS) is 20.5.